The number of amides is 2. The van der Waals surface area contributed by atoms with Gasteiger partial charge in [-0.3, -0.25) is 4.79 Å². The molecule has 0 N–H and O–H groups in total. The number of hydrogen-bond acceptors (Lipinski definition) is 3. The fourth-order valence-corrected chi connectivity index (χ4v) is 2.99. The molecule has 0 saturated carbocycles. The number of benzene rings is 1. The zero-order valence-electron chi connectivity index (χ0n) is 12.3. The summed E-state index contributed by atoms with van der Waals surface area (Å²) >= 11 is 0. The Kier molecular flexibility index (Phi) is 3.12. The van der Waals surface area contributed by atoms with Crippen molar-refractivity contribution in [1.29, 1.82) is 0 Å². The highest BCUT2D eigenvalue weighted by Crippen LogP contribution is 2.38. The summed E-state index contributed by atoms with van der Waals surface area (Å²) in [6.45, 7) is 1.86. The Labute approximate surface area is 126 Å². The molecule has 0 unspecified atom stereocenters. The second kappa shape index (κ2) is 4.66. The van der Waals surface area contributed by atoms with E-state index in [0.717, 1.165) is 4.90 Å². The summed E-state index contributed by atoms with van der Waals surface area (Å²) in [5.74, 6) is -4.83. The minimum absolute atomic E-state index is 0.00336. The highest BCUT2D eigenvalue weighted by molar-refractivity contribution is 5.86. The number of rotatable bonds is 2. The van der Waals surface area contributed by atoms with Gasteiger partial charge in [0.2, 0.25) is 0 Å². The van der Waals surface area contributed by atoms with Crippen molar-refractivity contribution in [3.05, 3.63) is 35.4 Å². The van der Waals surface area contributed by atoms with Gasteiger partial charge >= 0.3 is 12.0 Å². The van der Waals surface area contributed by atoms with Crippen molar-refractivity contribution in [2.45, 2.75) is 18.4 Å². The quantitative estimate of drug-likeness (QED) is 0.836. The van der Waals surface area contributed by atoms with Gasteiger partial charge in [-0.1, -0.05) is 24.3 Å². The Morgan fingerprint density at radius 2 is 1.91 bits per heavy atom. The van der Waals surface area contributed by atoms with E-state index >= 15 is 0 Å². The third-order valence-corrected chi connectivity index (χ3v) is 4.14. The fourth-order valence-electron chi connectivity index (χ4n) is 2.99. The molecule has 0 aromatic heterocycles. The van der Waals surface area contributed by atoms with Gasteiger partial charge in [-0.05, 0) is 12.5 Å². The molecule has 1 spiro atoms. The van der Waals surface area contributed by atoms with E-state index in [-0.39, 0.29) is 18.7 Å². The van der Waals surface area contributed by atoms with Crippen molar-refractivity contribution in [2.24, 2.45) is 0 Å². The van der Waals surface area contributed by atoms with Crippen LogP contribution in [0.2, 0.25) is 0 Å². The smallest absolute Gasteiger partial charge is 0.410 e. The van der Waals surface area contributed by atoms with Crippen LogP contribution in [0.25, 0.3) is 0 Å². The van der Waals surface area contributed by atoms with Crippen molar-refractivity contribution in [2.75, 3.05) is 26.7 Å². The molecule has 7 heteroatoms. The van der Waals surface area contributed by atoms with Gasteiger partial charge in [0.05, 0.1) is 19.6 Å². The van der Waals surface area contributed by atoms with Crippen molar-refractivity contribution >= 4 is 12.0 Å². The lowest BCUT2D eigenvalue weighted by atomic mass is 9.92. The van der Waals surface area contributed by atoms with Crippen LogP contribution in [0.5, 0.6) is 0 Å². The molecule has 118 valence electrons. The second-order valence-electron chi connectivity index (χ2n) is 5.96. The third kappa shape index (κ3) is 2.12. The Morgan fingerprint density at radius 1 is 1.27 bits per heavy atom. The first-order valence-electron chi connectivity index (χ1n) is 6.93. The van der Waals surface area contributed by atoms with Crippen LogP contribution in [-0.4, -0.2) is 54.1 Å². The molecule has 2 aliphatic rings. The molecule has 22 heavy (non-hydrogen) atoms. The molecule has 0 atom stereocenters. The van der Waals surface area contributed by atoms with Gasteiger partial charge in [-0.15, -0.1) is 0 Å². The Morgan fingerprint density at radius 3 is 2.45 bits per heavy atom. The van der Waals surface area contributed by atoms with Crippen LogP contribution >= 0.6 is 0 Å². The number of nitrogens with zero attached hydrogens (tertiary/aromatic N) is 2. The zero-order valence-corrected chi connectivity index (χ0v) is 12.3. The molecule has 0 radical (unpaired) electrons. The average molecular weight is 310 g/mol. The van der Waals surface area contributed by atoms with Crippen molar-refractivity contribution in [1.82, 2.24) is 9.80 Å². The number of hydrogen-bond donors (Lipinski definition) is 0. The van der Waals surface area contributed by atoms with Crippen LogP contribution in [0.15, 0.2) is 24.3 Å². The molecule has 2 amide bonds. The second-order valence-corrected chi connectivity index (χ2v) is 5.96. The first kappa shape index (κ1) is 14.7. The molecule has 2 saturated heterocycles. The van der Waals surface area contributed by atoms with Crippen LogP contribution in [-0.2, 0) is 15.5 Å². The van der Waals surface area contributed by atoms with Crippen LogP contribution in [0.3, 0.4) is 0 Å². The molecule has 1 aromatic rings. The topological polar surface area (TPSA) is 49.9 Å². The highest BCUT2D eigenvalue weighted by atomic mass is 19.3. The van der Waals surface area contributed by atoms with Gasteiger partial charge in [0, 0.05) is 12.6 Å². The van der Waals surface area contributed by atoms with Gasteiger partial charge in [-0.25, -0.2) is 4.79 Å². The number of aryl methyl sites for hydroxylation is 1. The molecule has 3 rings (SSSR count). The maximum Gasteiger partial charge on any atom is 0.410 e. The van der Waals surface area contributed by atoms with Gasteiger partial charge < -0.3 is 14.5 Å². The van der Waals surface area contributed by atoms with E-state index in [9.17, 15) is 18.4 Å². The number of likely N-dealkylation sites (tertiary alicyclic amines) is 1. The van der Waals surface area contributed by atoms with Crippen molar-refractivity contribution < 1.29 is 23.1 Å². The summed E-state index contributed by atoms with van der Waals surface area (Å²) in [6, 6.07) is 5.93. The van der Waals surface area contributed by atoms with E-state index in [1.54, 1.807) is 26.1 Å². The van der Waals surface area contributed by atoms with Crippen LogP contribution in [0.4, 0.5) is 13.6 Å². The van der Waals surface area contributed by atoms with E-state index in [1.807, 2.05) is 0 Å². The lowest BCUT2D eigenvalue weighted by molar-refractivity contribution is -0.176. The number of alkyl halides is 2. The molecule has 0 aliphatic carbocycles. The van der Waals surface area contributed by atoms with E-state index in [2.05, 4.69) is 0 Å². The number of carbonyl (C=O) groups excluding carboxylic acids is 2. The maximum atomic E-state index is 14.4. The molecule has 0 bridgehead atoms. The number of carbonyl (C=O) groups is 2. The molecular weight excluding hydrogens is 294 g/mol. The first-order chi connectivity index (χ1) is 10.3. The largest absolute Gasteiger partial charge is 0.437 e. The van der Waals surface area contributed by atoms with E-state index < -0.39 is 23.5 Å². The highest BCUT2D eigenvalue weighted by Gasteiger charge is 2.58. The minimum atomic E-state index is -3.58. The predicted molar refractivity (Wildman–Crippen MR) is 73.5 cm³/mol. The van der Waals surface area contributed by atoms with Gasteiger partial charge in [-0.2, -0.15) is 8.78 Å². The van der Waals surface area contributed by atoms with E-state index in [4.69, 9.17) is 4.74 Å². The summed E-state index contributed by atoms with van der Waals surface area (Å²) in [7, 11) is 1.57. The maximum absolute atomic E-state index is 14.4. The Balaban J connectivity index is 1.74. The number of halogens is 2. The summed E-state index contributed by atoms with van der Waals surface area (Å²) in [5.41, 5.74) is -0.756. The van der Waals surface area contributed by atoms with Crippen LogP contribution in [0.1, 0.15) is 11.1 Å². The molecular formula is C15H16F2N2O3. The van der Waals surface area contributed by atoms with Crippen molar-refractivity contribution in [3.8, 4) is 0 Å². The molecule has 5 nitrogen and oxygen atoms in total. The minimum Gasteiger partial charge on any atom is -0.437 e. The number of likely N-dealkylation sites (N-methyl/N-ethyl adjacent to an activating group) is 1. The normalized spacial score (nSPS) is 20.1. The number of ether oxygens (including phenoxy) is 1. The summed E-state index contributed by atoms with van der Waals surface area (Å²) in [4.78, 5) is 25.9. The van der Waals surface area contributed by atoms with E-state index in [1.165, 1.54) is 17.0 Å². The molecule has 1 aromatic carbocycles. The predicted octanol–water partition coefficient (Wildman–Crippen LogP) is 1.75. The molecule has 2 heterocycles. The van der Waals surface area contributed by atoms with Crippen LogP contribution in [0, 0.1) is 6.92 Å². The molecule has 2 fully saturated rings. The lowest BCUT2D eigenvalue weighted by Crippen LogP contribution is -2.67. The molecule has 2 aliphatic heterocycles. The van der Waals surface area contributed by atoms with Gasteiger partial charge in [0.15, 0.2) is 5.60 Å². The first-order valence-corrected chi connectivity index (χ1v) is 6.93. The Bertz CT molecular complexity index is 641. The zero-order chi connectivity index (χ0) is 16.1. The van der Waals surface area contributed by atoms with E-state index in [0.29, 0.717) is 12.1 Å². The lowest BCUT2D eigenvalue weighted by Gasteiger charge is -2.46. The fraction of sp³-hybridized carbons (Fsp3) is 0.467. The summed E-state index contributed by atoms with van der Waals surface area (Å²) in [5, 5.41) is 0. The summed E-state index contributed by atoms with van der Waals surface area (Å²) < 4.78 is 34.0. The van der Waals surface area contributed by atoms with Crippen molar-refractivity contribution in [3.63, 3.8) is 0 Å². The Hall–Kier alpha value is -2.18. The average Bonchev–Trinajstić information content (AvgIpc) is 2.72. The summed E-state index contributed by atoms with van der Waals surface area (Å²) in [6.07, 6.45) is -0.488. The standard InChI is InChI=1S/C15H16F2N2O3/c1-10-5-3-4-6-11(10)15(16,17)12(20)19-8-14(9-19)7-18(2)13(21)22-14/h3-6H,7-9H2,1-2H3. The van der Waals surface area contributed by atoms with Crippen LogP contribution < -0.4 is 0 Å². The monoisotopic (exact) mass is 310 g/mol. The SMILES string of the molecule is Cc1ccccc1C(F)(F)C(=O)N1CC2(CN(C)C(=O)O2)C1. The van der Waals surface area contributed by atoms with Gasteiger partial charge in [0.1, 0.15) is 0 Å². The third-order valence-electron chi connectivity index (χ3n) is 4.14. The van der Waals surface area contributed by atoms with Gasteiger partial charge in [0.25, 0.3) is 5.91 Å².